The molecular formula is C13H27NO3. The molecule has 17 heavy (non-hydrogen) atoms. The van der Waals surface area contributed by atoms with E-state index in [1.165, 1.54) is 25.7 Å². The van der Waals surface area contributed by atoms with E-state index in [4.69, 9.17) is 14.2 Å². The summed E-state index contributed by atoms with van der Waals surface area (Å²) < 4.78 is 16.0. The Labute approximate surface area is 105 Å². The summed E-state index contributed by atoms with van der Waals surface area (Å²) in [5.41, 5.74) is 0. The topological polar surface area (TPSA) is 39.7 Å². The maximum atomic E-state index is 5.63. The van der Waals surface area contributed by atoms with Crippen molar-refractivity contribution in [3.8, 4) is 0 Å². The van der Waals surface area contributed by atoms with E-state index >= 15 is 0 Å². The Hall–Kier alpha value is -0.160. The highest BCUT2D eigenvalue weighted by Crippen LogP contribution is 2.18. The summed E-state index contributed by atoms with van der Waals surface area (Å²) in [6.07, 6.45) is 6.38. The molecule has 1 saturated heterocycles. The molecule has 0 aromatic carbocycles. The van der Waals surface area contributed by atoms with E-state index in [0.717, 1.165) is 19.6 Å². The van der Waals surface area contributed by atoms with Crippen molar-refractivity contribution >= 4 is 0 Å². The van der Waals surface area contributed by atoms with Gasteiger partial charge in [0.25, 0.3) is 0 Å². The molecule has 4 nitrogen and oxygen atoms in total. The molecule has 1 fully saturated rings. The van der Waals surface area contributed by atoms with Crippen LogP contribution in [0.15, 0.2) is 0 Å². The van der Waals surface area contributed by atoms with Crippen molar-refractivity contribution in [1.29, 1.82) is 0 Å². The van der Waals surface area contributed by atoms with Gasteiger partial charge in [0.2, 0.25) is 0 Å². The zero-order chi connectivity index (χ0) is 12.3. The number of ether oxygens (including phenoxy) is 3. The first-order valence-corrected chi connectivity index (χ1v) is 6.72. The standard InChI is InChI=1S/C13H27NO3/c1-14-12(7-9-16-11-10-15-2)5-6-13-4-3-8-17-13/h12-14H,3-11H2,1-2H3. The minimum Gasteiger partial charge on any atom is -0.382 e. The van der Waals surface area contributed by atoms with Gasteiger partial charge in [0, 0.05) is 26.4 Å². The number of methoxy groups -OCH3 is 1. The largest absolute Gasteiger partial charge is 0.382 e. The van der Waals surface area contributed by atoms with Crippen LogP contribution in [0.4, 0.5) is 0 Å². The molecule has 0 aliphatic carbocycles. The minimum absolute atomic E-state index is 0.500. The lowest BCUT2D eigenvalue weighted by Crippen LogP contribution is -2.28. The van der Waals surface area contributed by atoms with Gasteiger partial charge in [-0.3, -0.25) is 0 Å². The first-order valence-electron chi connectivity index (χ1n) is 6.72. The zero-order valence-electron chi connectivity index (χ0n) is 11.2. The van der Waals surface area contributed by atoms with Gasteiger partial charge in [-0.25, -0.2) is 0 Å². The Morgan fingerprint density at radius 1 is 1.29 bits per heavy atom. The van der Waals surface area contributed by atoms with E-state index in [0.29, 0.717) is 25.4 Å². The lowest BCUT2D eigenvalue weighted by Gasteiger charge is -2.18. The van der Waals surface area contributed by atoms with E-state index in [1.54, 1.807) is 7.11 Å². The van der Waals surface area contributed by atoms with Crippen LogP contribution in [0.5, 0.6) is 0 Å². The highest BCUT2D eigenvalue weighted by molar-refractivity contribution is 4.70. The van der Waals surface area contributed by atoms with Gasteiger partial charge in [-0.1, -0.05) is 0 Å². The van der Waals surface area contributed by atoms with Gasteiger partial charge in [-0.05, 0) is 39.2 Å². The third-order valence-electron chi connectivity index (χ3n) is 3.31. The Balaban J connectivity index is 1.98. The maximum Gasteiger partial charge on any atom is 0.0700 e. The summed E-state index contributed by atoms with van der Waals surface area (Å²) >= 11 is 0. The molecule has 1 heterocycles. The van der Waals surface area contributed by atoms with Crippen LogP contribution in [-0.4, -0.2) is 52.7 Å². The molecule has 0 saturated carbocycles. The smallest absolute Gasteiger partial charge is 0.0700 e. The molecule has 0 bridgehead atoms. The third kappa shape index (κ3) is 6.99. The number of nitrogens with one attached hydrogen (secondary N) is 1. The van der Waals surface area contributed by atoms with Crippen LogP contribution in [-0.2, 0) is 14.2 Å². The molecule has 0 spiro atoms. The first kappa shape index (κ1) is 14.9. The second-order valence-corrected chi connectivity index (χ2v) is 4.59. The molecule has 1 rings (SSSR count). The number of hydrogen-bond donors (Lipinski definition) is 1. The summed E-state index contributed by atoms with van der Waals surface area (Å²) in [6, 6.07) is 0.543. The van der Waals surface area contributed by atoms with Crippen LogP contribution in [0.25, 0.3) is 0 Å². The number of hydrogen-bond acceptors (Lipinski definition) is 4. The zero-order valence-corrected chi connectivity index (χ0v) is 11.2. The molecule has 0 aromatic rings. The molecule has 0 radical (unpaired) electrons. The molecule has 0 aromatic heterocycles. The van der Waals surface area contributed by atoms with E-state index < -0.39 is 0 Å². The van der Waals surface area contributed by atoms with Gasteiger partial charge in [0.1, 0.15) is 0 Å². The highest BCUT2D eigenvalue weighted by atomic mass is 16.5. The van der Waals surface area contributed by atoms with Crippen LogP contribution in [0.3, 0.4) is 0 Å². The van der Waals surface area contributed by atoms with Crippen LogP contribution in [0, 0.1) is 0 Å². The van der Waals surface area contributed by atoms with Crippen LogP contribution < -0.4 is 5.32 Å². The molecule has 1 aliphatic heterocycles. The maximum absolute atomic E-state index is 5.63. The summed E-state index contributed by atoms with van der Waals surface area (Å²) in [4.78, 5) is 0. The quantitative estimate of drug-likeness (QED) is 0.593. The van der Waals surface area contributed by atoms with Crippen molar-refractivity contribution in [2.45, 2.75) is 44.2 Å². The van der Waals surface area contributed by atoms with Gasteiger partial charge in [-0.15, -0.1) is 0 Å². The van der Waals surface area contributed by atoms with E-state index in [9.17, 15) is 0 Å². The Bertz CT molecular complexity index is 172. The summed E-state index contributed by atoms with van der Waals surface area (Å²) in [5.74, 6) is 0. The van der Waals surface area contributed by atoms with Crippen molar-refractivity contribution in [3.05, 3.63) is 0 Å². The molecule has 102 valence electrons. The van der Waals surface area contributed by atoms with Crippen LogP contribution in [0.1, 0.15) is 32.1 Å². The van der Waals surface area contributed by atoms with E-state index in [1.807, 2.05) is 7.05 Å². The Kier molecular flexibility index (Phi) is 8.61. The predicted molar refractivity (Wildman–Crippen MR) is 68.4 cm³/mol. The normalized spacial score (nSPS) is 21.9. The fourth-order valence-corrected chi connectivity index (χ4v) is 2.16. The summed E-state index contributed by atoms with van der Waals surface area (Å²) in [6.45, 7) is 3.13. The Morgan fingerprint density at radius 3 is 2.82 bits per heavy atom. The fourth-order valence-electron chi connectivity index (χ4n) is 2.16. The van der Waals surface area contributed by atoms with Gasteiger partial charge in [-0.2, -0.15) is 0 Å². The minimum atomic E-state index is 0.500. The second-order valence-electron chi connectivity index (χ2n) is 4.59. The average Bonchev–Trinajstić information content (AvgIpc) is 2.86. The summed E-state index contributed by atoms with van der Waals surface area (Å²) in [7, 11) is 3.72. The molecule has 1 aliphatic rings. The number of rotatable bonds is 10. The molecular weight excluding hydrogens is 218 g/mol. The van der Waals surface area contributed by atoms with Gasteiger partial charge >= 0.3 is 0 Å². The van der Waals surface area contributed by atoms with Crippen LogP contribution >= 0.6 is 0 Å². The molecule has 1 N–H and O–H groups in total. The van der Waals surface area contributed by atoms with Crippen LogP contribution in [0.2, 0.25) is 0 Å². The van der Waals surface area contributed by atoms with Gasteiger partial charge < -0.3 is 19.5 Å². The van der Waals surface area contributed by atoms with Crippen molar-refractivity contribution in [2.24, 2.45) is 0 Å². The highest BCUT2D eigenvalue weighted by Gasteiger charge is 2.17. The fraction of sp³-hybridized carbons (Fsp3) is 1.00. The molecule has 0 amide bonds. The monoisotopic (exact) mass is 245 g/mol. The van der Waals surface area contributed by atoms with Gasteiger partial charge in [0.05, 0.1) is 19.3 Å². The van der Waals surface area contributed by atoms with E-state index in [2.05, 4.69) is 5.32 Å². The molecule has 2 atom stereocenters. The van der Waals surface area contributed by atoms with Gasteiger partial charge in [0.15, 0.2) is 0 Å². The SMILES string of the molecule is CNC(CCOCCOC)CCC1CCCO1. The molecule has 2 unspecified atom stereocenters. The second kappa shape index (κ2) is 9.83. The first-order chi connectivity index (χ1) is 8.36. The average molecular weight is 245 g/mol. The molecule has 4 heteroatoms. The lowest BCUT2D eigenvalue weighted by atomic mass is 10.0. The van der Waals surface area contributed by atoms with E-state index in [-0.39, 0.29) is 0 Å². The predicted octanol–water partition coefficient (Wildman–Crippen LogP) is 1.59. The third-order valence-corrected chi connectivity index (χ3v) is 3.31. The lowest BCUT2D eigenvalue weighted by molar-refractivity contribution is 0.0635. The summed E-state index contributed by atoms with van der Waals surface area (Å²) in [5, 5.41) is 3.35. The van der Waals surface area contributed by atoms with Crippen molar-refractivity contribution in [2.75, 3.05) is 40.6 Å². The Morgan fingerprint density at radius 2 is 2.18 bits per heavy atom. The van der Waals surface area contributed by atoms with Crippen molar-refractivity contribution < 1.29 is 14.2 Å². The van der Waals surface area contributed by atoms with Crippen molar-refractivity contribution in [3.63, 3.8) is 0 Å². The van der Waals surface area contributed by atoms with Crippen molar-refractivity contribution in [1.82, 2.24) is 5.32 Å².